The summed E-state index contributed by atoms with van der Waals surface area (Å²) in [6.45, 7) is 1.97. The van der Waals surface area contributed by atoms with Gasteiger partial charge in [-0.1, -0.05) is 54.6 Å². The molecular formula is C24H26N4O2. The highest BCUT2D eigenvalue weighted by molar-refractivity contribution is 5.74. The molecule has 0 bridgehead atoms. The van der Waals surface area contributed by atoms with Crippen LogP contribution < -0.4 is 10.1 Å². The second kappa shape index (κ2) is 9.87. The average molecular weight is 402 g/mol. The first-order valence-corrected chi connectivity index (χ1v) is 10.4. The van der Waals surface area contributed by atoms with Crippen molar-refractivity contribution in [2.24, 2.45) is 0 Å². The number of nitrogens with one attached hydrogen (secondary N) is 1. The number of amides is 2. The maximum Gasteiger partial charge on any atom is 0.317 e. The molecule has 2 heterocycles. The highest BCUT2D eigenvalue weighted by Gasteiger charge is 2.24. The van der Waals surface area contributed by atoms with Gasteiger partial charge in [-0.2, -0.15) is 0 Å². The number of carbonyl (C=O) groups excluding carboxylic acids is 1. The Morgan fingerprint density at radius 1 is 0.933 bits per heavy atom. The van der Waals surface area contributed by atoms with Gasteiger partial charge in [0.15, 0.2) is 0 Å². The molecule has 2 aromatic carbocycles. The highest BCUT2D eigenvalue weighted by atomic mass is 16.5. The molecule has 0 aliphatic carbocycles. The minimum atomic E-state index is -0.00897. The number of benzene rings is 2. The number of carbonyl (C=O) groups is 1. The topological polar surface area (TPSA) is 67.4 Å². The molecule has 1 aliphatic rings. The summed E-state index contributed by atoms with van der Waals surface area (Å²) in [7, 11) is 0. The fraction of sp³-hybridized carbons (Fsp3) is 0.292. The van der Waals surface area contributed by atoms with E-state index in [0.717, 1.165) is 19.3 Å². The van der Waals surface area contributed by atoms with Crippen LogP contribution in [0.3, 0.4) is 0 Å². The van der Waals surface area contributed by atoms with Gasteiger partial charge in [0.05, 0.1) is 0 Å². The van der Waals surface area contributed by atoms with Gasteiger partial charge in [-0.05, 0) is 29.2 Å². The number of aromatic nitrogens is 2. The Kier molecular flexibility index (Phi) is 6.54. The van der Waals surface area contributed by atoms with E-state index in [2.05, 4.69) is 51.7 Å². The summed E-state index contributed by atoms with van der Waals surface area (Å²) >= 11 is 0. The number of ether oxygens (including phenoxy) is 1. The van der Waals surface area contributed by atoms with Gasteiger partial charge < -0.3 is 15.0 Å². The third kappa shape index (κ3) is 5.35. The van der Waals surface area contributed by atoms with Crippen molar-refractivity contribution >= 4 is 6.03 Å². The fourth-order valence-corrected chi connectivity index (χ4v) is 3.59. The maximum absolute atomic E-state index is 12.4. The molecule has 154 valence electrons. The Balaban J connectivity index is 1.18. The Hall–Kier alpha value is -3.41. The van der Waals surface area contributed by atoms with Gasteiger partial charge in [0.2, 0.25) is 0 Å². The smallest absolute Gasteiger partial charge is 0.317 e. The lowest BCUT2D eigenvalue weighted by molar-refractivity contribution is 0.103. The summed E-state index contributed by atoms with van der Waals surface area (Å²) in [6, 6.07) is 21.0. The first-order valence-electron chi connectivity index (χ1n) is 10.4. The molecular weight excluding hydrogens is 376 g/mol. The van der Waals surface area contributed by atoms with E-state index in [4.69, 9.17) is 4.74 Å². The van der Waals surface area contributed by atoms with Crippen molar-refractivity contribution in [3.8, 4) is 17.1 Å². The standard InChI is InChI=1S/C24H26N4O2/c29-24(28-17-12-22(13-18-28)30-23-25-14-4-15-26-23)27-16-11-19-7-9-21(10-8-19)20-5-2-1-3-6-20/h1-10,14-15,22H,11-13,16-18H2,(H,27,29). The fourth-order valence-electron chi connectivity index (χ4n) is 3.59. The normalized spacial score (nSPS) is 14.3. The van der Waals surface area contributed by atoms with Crippen molar-refractivity contribution in [2.75, 3.05) is 19.6 Å². The molecule has 0 unspecified atom stereocenters. The van der Waals surface area contributed by atoms with Crippen LogP contribution >= 0.6 is 0 Å². The zero-order valence-electron chi connectivity index (χ0n) is 16.9. The van der Waals surface area contributed by atoms with Gasteiger partial charge >= 0.3 is 12.0 Å². The summed E-state index contributed by atoms with van der Waals surface area (Å²) in [4.78, 5) is 22.5. The van der Waals surface area contributed by atoms with Crippen molar-refractivity contribution in [1.82, 2.24) is 20.2 Å². The van der Waals surface area contributed by atoms with Gasteiger partial charge in [-0.25, -0.2) is 14.8 Å². The van der Waals surface area contributed by atoms with Crippen LogP contribution in [0, 0.1) is 0 Å². The molecule has 1 saturated heterocycles. The van der Waals surface area contributed by atoms with Gasteiger partial charge in [0.1, 0.15) is 6.10 Å². The summed E-state index contributed by atoms with van der Waals surface area (Å²) in [6.07, 6.45) is 5.77. The molecule has 6 heteroatoms. The van der Waals surface area contributed by atoms with E-state index in [1.165, 1.54) is 16.7 Å². The second-order valence-electron chi connectivity index (χ2n) is 7.38. The van der Waals surface area contributed by atoms with Crippen molar-refractivity contribution < 1.29 is 9.53 Å². The molecule has 1 aromatic heterocycles. The number of urea groups is 1. The SMILES string of the molecule is O=C(NCCc1ccc(-c2ccccc2)cc1)N1CCC(Oc2ncccn2)CC1. The quantitative estimate of drug-likeness (QED) is 0.678. The predicted molar refractivity (Wildman–Crippen MR) is 116 cm³/mol. The van der Waals surface area contributed by atoms with E-state index in [1.54, 1.807) is 18.5 Å². The lowest BCUT2D eigenvalue weighted by Crippen LogP contribution is -2.47. The maximum atomic E-state index is 12.4. The van der Waals surface area contributed by atoms with Crippen LogP contribution in [0.4, 0.5) is 4.79 Å². The van der Waals surface area contributed by atoms with Gasteiger partial charge in [0, 0.05) is 44.9 Å². The number of likely N-dealkylation sites (tertiary alicyclic amines) is 1. The minimum Gasteiger partial charge on any atom is -0.460 e. The average Bonchev–Trinajstić information content (AvgIpc) is 2.81. The second-order valence-corrected chi connectivity index (χ2v) is 7.38. The zero-order chi connectivity index (χ0) is 20.6. The number of hydrogen-bond acceptors (Lipinski definition) is 4. The Morgan fingerprint density at radius 3 is 2.30 bits per heavy atom. The predicted octanol–water partition coefficient (Wildman–Crippen LogP) is 3.94. The molecule has 1 N–H and O–H groups in total. The van der Waals surface area contributed by atoms with E-state index in [-0.39, 0.29) is 12.1 Å². The van der Waals surface area contributed by atoms with Crippen molar-refractivity contribution in [1.29, 1.82) is 0 Å². The monoisotopic (exact) mass is 402 g/mol. The van der Waals surface area contributed by atoms with E-state index in [9.17, 15) is 4.79 Å². The molecule has 0 spiro atoms. The molecule has 0 atom stereocenters. The van der Waals surface area contributed by atoms with Crippen LogP contribution in [-0.2, 0) is 6.42 Å². The summed E-state index contributed by atoms with van der Waals surface area (Å²) in [5.41, 5.74) is 3.63. The molecule has 3 aromatic rings. The highest BCUT2D eigenvalue weighted by Crippen LogP contribution is 2.19. The van der Waals surface area contributed by atoms with Crippen molar-refractivity contribution in [3.05, 3.63) is 78.6 Å². The summed E-state index contributed by atoms with van der Waals surface area (Å²) < 4.78 is 5.78. The minimum absolute atomic E-state index is 0.00897. The lowest BCUT2D eigenvalue weighted by Gasteiger charge is -2.31. The molecule has 0 saturated carbocycles. The molecule has 4 rings (SSSR count). The lowest BCUT2D eigenvalue weighted by atomic mass is 10.0. The third-order valence-corrected chi connectivity index (χ3v) is 5.29. The third-order valence-electron chi connectivity index (χ3n) is 5.29. The van der Waals surface area contributed by atoms with Gasteiger partial charge in [-0.3, -0.25) is 0 Å². The Morgan fingerprint density at radius 2 is 1.60 bits per heavy atom. The van der Waals surface area contributed by atoms with Crippen molar-refractivity contribution in [3.63, 3.8) is 0 Å². The summed E-state index contributed by atoms with van der Waals surface area (Å²) in [5, 5.41) is 3.03. The Labute approximate surface area is 176 Å². The van der Waals surface area contributed by atoms with E-state index in [1.807, 2.05) is 23.1 Å². The largest absolute Gasteiger partial charge is 0.460 e. The van der Waals surface area contributed by atoms with Gasteiger partial charge in [0.25, 0.3) is 0 Å². The number of hydrogen-bond donors (Lipinski definition) is 1. The first-order chi connectivity index (χ1) is 14.8. The number of nitrogens with zero attached hydrogens (tertiary/aromatic N) is 3. The Bertz CT molecular complexity index is 924. The van der Waals surface area contributed by atoms with E-state index in [0.29, 0.717) is 25.6 Å². The molecule has 0 radical (unpaired) electrons. The summed E-state index contributed by atoms with van der Waals surface area (Å²) in [5.74, 6) is 0. The molecule has 30 heavy (non-hydrogen) atoms. The molecule has 1 aliphatic heterocycles. The molecule has 6 nitrogen and oxygen atoms in total. The van der Waals surface area contributed by atoms with E-state index >= 15 is 0 Å². The van der Waals surface area contributed by atoms with Crippen LogP contribution in [0.25, 0.3) is 11.1 Å². The molecule has 2 amide bonds. The van der Waals surface area contributed by atoms with Gasteiger partial charge in [-0.15, -0.1) is 0 Å². The van der Waals surface area contributed by atoms with Crippen LogP contribution in [0.15, 0.2) is 73.1 Å². The molecule has 1 fully saturated rings. The van der Waals surface area contributed by atoms with Crippen LogP contribution in [0.5, 0.6) is 6.01 Å². The first kappa shape index (κ1) is 19.9. The number of piperidine rings is 1. The van der Waals surface area contributed by atoms with E-state index < -0.39 is 0 Å². The van der Waals surface area contributed by atoms with Crippen LogP contribution in [0.2, 0.25) is 0 Å². The van der Waals surface area contributed by atoms with Crippen LogP contribution in [-0.4, -0.2) is 46.6 Å². The number of rotatable bonds is 6. The van der Waals surface area contributed by atoms with Crippen molar-refractivity contribution in [2.45, 2.75) is 25.4 Å². The van der Waals surface area contributed by atoms with Crippen LogP contribution in [0.1, 0.15) is 18.4 Å². The zero-order valence-corrected chi connectivity index (χ0v) is 16.9.